The molecule has 0 radical (unpaired) electrons. The van der Waals surface area contributed by atoms with E-state index in [1.807, 2.05) is 6.92 Å². The van der Waals surface area contributed by atoms with Crippen LogP contribution in [0.4, 0.5) is 11.4 Å². The molecule has 1 aliphatic carbocycles. The number of non-ortho nitro benzene ring substituents is 1. The second kappa shape index (κ2) is 5.37. The lowest BCUT2D eigenvalue weighted by Gasteiger charge is -2.31. The maximum Gasteiger partial charge on any atom is 0.271 e. The Balaban J connectivity index is 2.22. The van der Waals surface area contributed by atoms with Crippen LogP contribution in [0, 0.1) is 16.0 Å². The largest absolute Gasteiger partial charge is 0.397 e. The van der Waals surface area contributed by atoms with Crippen LogP contribution >= 0.6 is 0 Å². The van der Waals surface area contributed by atoms with Crippen molar-refractivity contribution in [3.8, 4) is 0 Å². The number of hydrogen-bond donors (Lipinski definition) is 2. The molecule has 1 unspecified atom stereocenters. The molecular formula is C12H17N3O4S. The molecule has 0 heterocycles. The summed E-state index contributed by atoms with van der Waals surface area (Å²) >= 11 is 0. The third-order valence-corrected chi connectivity index (χ3v) is 5.32. The van der Waals surface area contributed by atoms with Gasteiger partial charge in [0.05, 0.1) is 10.6 Å². The maximum atomic E-state index is 12.2. The molecule has 0 aromatic heterocycles. The number of nitrogens with zero attached hydrogens (tertiary/aromatic N) is 1. The number of nitro benzene ring substituents is 1. The van der Waals surface area contributed by atoms with Gasteiger partial charge in [-0.05, 0) is 31.7 Å². The van der Waals surface area contributed by atoms with Crippen LogP contribution in [0.5, 0.6) is 0 Å². The van der Waals surface area contributed by atoms with Crippen LogP contribution in [0.2, 0.25) is 0 Å². The predicted octanol–water partition coefficient (Wildman–Crippen LogP) is 1.64. The van der Waals surface area contributed by atoms with Gasteiger partial charge in [-0.15, -0.1) is 0 Å². The van der Waals surface area contributed by atoms with Gasteiger partial charge < -0.3 is 5.73 Å². The van der Waals surface area contributed by atoms with Crippen molar-refractivity contribution in [3.63, 3.8) is 0 Å². The van der Waals surface area contributed by atoms with Crippen LogP contribution in [0.3, 0.4) is 0 Å². The van der Waals surface area contributed by atoms with Crippen molar-refractivity contribution < 1.29 is 13.3 Å². The second-order valence-electron chi connectivity index (χ2n) is 5.08. The monoisotopic (exact) mass is 299 g/mol. The van der Waals surface area contributed by atoms with Crippen molar-refractivity contribution in [2.24, 2.45) is 5.92 Å². The highest BCUT2D eigenvalue weighted by atomic mass is 32.2. The van der Waals surface area contributed by atoms with E-state index in [0.29, 0.717) is 5.92 Å². The Morgan fingerprint density at radius 1 is 1.45 bits per heavy atom. The fourth-order valence-corrected chi connectivity index (χ4v) is 3.66. The number of nitrogens with one attached hydrogen (secondary N) is 1. The highest BCUT2D eigenvalue weighted by molar-refractivity contribution is 7.89. The van der Waals surface area contributed by atoms with Crippen molar-refractivity contribution in [2.45, 2.75) is 37.1 Å². The molecule has 1 aliphatic rings. The summed E-state index contributed by atoms with van der Waals surface area (Å²) in [5, 5.41) is 10.6. The summed E-state index contributed by atoms with van der Waals surface area (Å²) in [4.78, 5) is 9.88. The van der Waals surface area contributed by atoms with Gasteiger partial charge in [0.1, 0.15) is 4.90 Å². The number of hydrogen-bond acceptors (Lipinski definition) is 5. The van der Waals surface area contributed by atoms with Crippen LogP contribution in [-0.4, -0.2) is 19.4 Å². The van der Waals surface area contributed by atoms with E-state index in [0.717, 1.165) is 31.4 Å². The topological polar surface area (TPSA) is 115 Å². The highest BCUT2D eigenvalue weighted by Crippen LogP contribution is 2.31. The SMILES string of the molecule is CC(NS(=O)(=O)c1ccc([N+](=O)[O-])cc1N)C1CCC1. The van der Waals surface area contributed by atoms with E-state index in [1.54, 1.807) is 0 Å². The van der Waals surface area contributed by atoms with Crippen LogP contribution in [0.1, 0.15) is 26.2 Å². The number of nitrogens with two attached hydrogens (primary N) is 1. The molecular weight excluding hydrogens is 282 g/mol. The first-order valence-electron chi connectivity index (χ1n) is 6.37. The molecule has 0 aliphatic heterocycles. The number of benzene rings is 1. The van der Waals surface area contributed by atoms with E-state index in [4.69, 9.17) is 5.73 Å². The van der Waals surface area contributed by atoms with Crippen molar-refractivity contribution >= 4 is 21.4 Å². The number of nitrogen functional groups attached to an aromatic ring is 1. The third kappa shape index (κ3) is 2.91. The summed E-state index contributed by atoms with van der Waals surface area (Å²) in [5.74, 6) is 0.351. The van der Waals surface area contributed by atoms with Crippen molar-refractivity contribution in [3.05, 3.63) is 28.3 Å². The summed E-state index contributed by atoms with van der Waals surface area (Å²) in [5.41, 5.74) is 5.27. The van der Waals surface area contributed by atoms with Gasteiger partial charge in [0.25, 0.3) is 5.69 Å². The molecule has 1 fully saturated rings. The fourth-order valence-electron chi connectivity index (χ4n) is 2.24. The summed E-state index contributed by atoms with van der Waals surface area (Å²) in [6.45, 7) is 1.82. The highest BCUT2D eigenvalue weighted by Gasteiger charge is 2.29. The number of sulfonamides is 1. The minimum absolute atomic E-state index is 0.116. The Labute approximate surface area is 117 Å². The normalized spacial score (nSPS) is 17.4. The summed E-state index contributed by atoms with van der Waals surface area (Å²) in [7, 11) is -3.75. The van der Waals surface area contributed by atoms with Gasteiger partial charge in [-0.1, -0.05) is 6.42 Å². The van der Waals surface area contributed by atoms with Crippen LogP contribution in [0.25, 0.3) is 0 Å². The lowest BCUT2D eigenvalue weighted by atomic mass is 9.81. The molecule has 8 heteroatoms. The number of rotatable bonds is 5. The predicted molar refractivity (Wildman–Crippen MR) is 74.6 cm³/mol. The molecule has 1 aromatic rings. The molecule has 3 N–H and O–H groups in total. The fraction of sp³-hybridized carbons (Fsp3) is 0.500. The Morgan fingerprint density at radius 2 is 2.10 bits per heavy atom. The minimum Gasteiger partial charge on any atom is -0.397 e. The van der Waals surface area contributed by atoms with Gasteiger partial charge in [-0.2, -0.15) is 0 Å². The lowest BCUT2D eigenvalue weighted by molar-refractivity contribution is -0.384. The van der Waals surface area contributed by atoms with Crippen molar-refractivity contribution in [1.29, 1.82) is 0 Å². The molecule has 7 nitrogen and oxygen atoms in total. The zero-order valence-corrected chi connectivity index (χ0v) is 11.9. The summed E-state index contributed by atoms with van der Waals surface area (Å²) in [6, 6.07) is 3.20. The first kappa shape index (κ1) is 14.7. The summed E-state index contributed by atoms with van der Waals surface area (Å²) in [6.07, 6.45) is 3.15. The van der Waals surface area contributed by atoms with E-state index < -0.39 is 14.9 Å². The Kier molecular flexibility index (Phi) is 3.96. The van der Waals surface area contributed by atoms with Gasteiger partial charge in [-0.25, -0.2) is 13.1 Å². The van der Waals surface area contributed by atoms with E-state index in [1.165, 1.54) is 6.07 Å². The lowest BCUT2D eigenvalue weighted by Crippen LogP contribution is -2.40. The standard InChI is InChI=1S/C12H17N3O4S/c1-8(9-3-2-4-9)14-20(18,19)12-6-5-10(15(16)17)7-11(12)13/h5-9,14H,2-4,13H2,1H3. The zero-order valence-electron chi connectivity index (χ0n) is 11.1. The van der Waals surface area contributed by atoms with Crippen LogP contribution in [-0.2, 0) is 10.0 Å². The van der Waals surface area contributed by atoms with Gasteiger partial charge >= 0.3 is 0 Å². The first-order valence-corrected chi connectivity index (χ1v) is 7.86. The average molecular weight is 299 g/mol. The Hall–Kier alpha value is -1.67. The quantitative estimate of drug-likeness (QED) is 0.487. The molecule has 2 rings (SSSR count). The molecule has 0 bridgehead atoms. The maximum absolute atomic E-state index is 12.2. The number of nitro groups is 1. The molecule has 20 heavy (non-hydrogen) atoms. The molecule has 110 valence electrons. The van der Waals surface area contributed by atoms with Crippen molar-refractivity contribution in [1.82, 2.24) is 4.72 Å². The molecule has 0 saturated heterocycles. The minimum atomic E-state index is -3.75. The Morgan fingerprint density at radius 3 is 2.55 bits per heavy atom. The zero-order chi connectivity index (χ0) is 14.9. The van der Waals surface area contributed by atoms with Crippen LogP contribution < -0.4 is 10.5 Å². The van der Waals surface area contributed by atoms with E-state index >= 15 is 0 Å². The van der Waals surface area contributed by atoms with E-state index in [9.17, 15) is 18.5 Å². The molecule has 0 spiro atoms. The molecule has 1 aromatic carbocycles. The van der Waals surface area contributed by atoms with Crippen molar-refractivity contribution in [2.75, 3.05) is 5.73 Å². The van der Waals surface area contributed by atoms with Gasteiger partial charge in [0.2, 0.25) is 10.0 Å². The molecule has 0 amide bonds. The third-order valence-electron chi connectivity index (χ3n) is 3.69. The van der Waals surface area contributed by atoms with E-state index in [-0.39, 0.29) is 22.3 Å². The van der Waals surface area contributed by atoms with Gasteiger partial charge in [-0.3, -0.25) is 10.1 Å². The number of anilines is 1. The van der Waals surface area contributed by atoms with E-state index in [2.05, 4.69) is 4.72 Å². The molecule has 1 atom stereocenters. The Bertz CT molecular complexity index is 626. The first-order chi connectivity index (χ1) is 9.31. The second-order valence-corrected chi connectivity index (χ2v) is 6.76. The average Bonchev–Trinajstić information content (AvgIpc) is 2.24. The van der Waals surface area contributed by atoms with Crippen LogP contribution in [0.15, 0.2) is 23.1 Å². The smallest absolute Gasteiger partial charge is 0.271 e. The van der Waals surface area contributed by atoms with Gasteiger partial charge in [0.15, 0.2) is 0 Å². The van der Waals surface area contributed by atoms with Gasteiger partial charge in [0, 0.05) is 18.2 Å². The summed E-state index contributed by atoms with van der Waals surface area (Å²) < 4.78 is 27.0. The molecule has 1 saturated carbocycles.